The van der Waals surface area contributed by atoms with Gasteiger partial charge in [0.2, 0.25) is 5.95 Å². The lowest BCUT2D eigenvalue weighted by molar-refractivity contribution is 0.871. The lowest BCUT2D eigenvalue weighted by Gasteiger charge is -2.17. The fourth-order valence-electron chi connectivity index (χ4n) is 1.56. The number of nitrogens with zero attached hydrogens (tertiary/aromatic N) is 4. The Bertz CT molecular complexity index is 536. The third-order valence-corrected chi connectivity index (χ3v) is 2.94. The number of aromatic nitrogens is 3. The molecule has 0 saturated carbocycles. The van der Waals surface area contributed by atoms with E-state index in [1.54, 1.807) is 0 Å². The van der Waals surface area contributed by atoms with Gasteiger partial charge in [0.1, 0.15) is 0 Å². The fourth-order valence-corrected chi connectivity index (χ4v) is 1.56. The minimum absolute atomic E-state index is 0.547. The predicted octanol–water partition coefficient (Wildman–Crippen LogP) is 1.72. The van der Waals surface area contributed by atoms with Gasteiger partial charge in [-0.2, -0.15) is 5.10 Å². The monoisotopic (exact) mass is 243 g/mol. The zero-order chi connectivity index (χ0) is 13.1. The third-order valence-electron chi connectivity index (χ3n) is 2.94. The minimum atomic E-state index is 0.547. The summed E-state index contributed by atoms with van der Waals surface area (Å²) < 4.78 is 0. The molecule has 1 aromatic carbocycles. The normalized spacial score (nSPS) is 10.4. The van der Waals surface area contributed by atoms with Crippen LogP contribution in [0, 0.1) is 13.8 Å². The largest absolute Gasteiger partial charge is 0.326 e. The Morgan fingerprint density at radius 3 is 2.28 bits per heavy atom. The Kier molecular flexibility index (Phi) is 3.53. The molecule has 0 atom stereocenters. The second kappa shape index (κ2) is 5.10. The first-order valence-electron chi connectivity index (χ1n) is 5.82. The minimum Gasteiger partial charge on any atom is -0.326 e. The van der Waals surface area contributed by atoms with E-state index < -0.39 is 0 Å². The highest BCUT2D eigenvalue weighted by Crippen LogP contribution is 2.20. The van der Waals surface area contributed by atoms with Crippen LogP contribution in [0.3, 0.4) is 0 Å². The summed E-state index contributed by atoms with van der Waals surface area (Å²) in [6, 6.07) is 8.00. The first-order valence-corrected chi connectivity index (χ1v) is 5.82. The molecular formula is C13H17N5. The molecule has 0 amide bonds. The lowest BCUT2D eigenvalue weighted by Crippen LogP contribution is -2.15. The molecule has 0 bridgehead atoms. The van der Waals surface area contributed by atoms with Crippen LogP contribution in [-0.2, 0) is 6.54 Å². The topological polar surface area (TPSA) is 67.9 Å². The predicted molar refractivity (Wildman–Crippen MR) is 71.7 cm³/mol. The first kappa shape index (κ1) is 12.4. The lowest BCUT2D eigenvalue weighted by atomic mass is 10.2. The molecule has 2 aromatic rings. The number of hydrogen-bond donors (Lipinski definition) is 1. The van der Waals surface area contributed by atoms with E-state index in [2.05, 4.69) is 15.2 Å². The molecular weight excluding hydrogens is 226 g/mol. The summed E-state index contributed by atoms with van der Waals surface area (Å²) in [5.74, 6) is 0.596. The molecule has 18 heavy (non-hydrogen) atoms. The molecule has 0 unspecified atom stereocenters. The molecule has 0 spiro atoms. The van der Waals surface area contributed by atoms with Gasteiger partial charge in [-0.05, 0) is 31.5 Å². The number of rotatable bonds is 3. The molecule has 0 fully saturated rings. The van der Waals surface area contributed by atoms with Crippen molar-refractivity contribution >= 4 is 11.6 Å². The Balaban J connectivity index is 2.28. The summed E-state index contributed by atoms with van der Waals surface area (Å²) in [5.41, 5.74) is 9.44. The smallest absolute Gasteiger partial charge is 0.249 e. The number of anilines is 2. The Labute approximate surface area is 107 Å². The summed E-state index contributed by atoms with van der Waals surface area (Å²) in [7, 11) is 1.92. The Morgan fingerprint density at radius 2 is 1.72 bits per heavy atom. The molecule has 0 radical (unpaired) electrons. The average molecular weight is 243 g/mol. The van der Waals surface area contributed by atoms with Crippen LogP contribution in [-0.4, -0.2) is 22.2 Å². The van der Waals surface area contributed by atoms with Crippen molar-refractivity contribution in [2.75, 3.05) is 11.9 Å². The van der Waals surface area contributed by atoms with E-state index in [9.17, 15) is 0 Å². The van der Waals surface area contributed by atoms with Crippen molar-refractivity contribution in [2.45, 2.75) is 20.4 Å². The van der Waals surface area contributed by atoms with E-state index in [0.717, 1.165) is 22.6 Å². The van der Waals surface area contributed by atoms with Crippen LogP contribution in [0.2, 0.25) is 0 Å². The van der Waals surface area contributed by atoms with E-state index in [1.807, 2.05) is 50.1 Å². The summed E-state index contributed by atoms with van der Waals surface area (Å²) in [6.45, 7) is 4.37. The van der Waals surface area contributed by atoms with Crippen LogP contribution in [0.4, 0.5) is 11.6 Å². The van der Waals surface area contributed by atoms with Crippen LogP contribution >= 0.6 is 0 Å². The highest BCUT2D eigenvalue weighted by Gasteiger charge is 2.08. The third kappa shape index (κ3) is 2.46. The summed E-state index contributed by atoms with van der Waals surface area (Å²) in [5, 5.41) is 8.18. The van der Waals surface area contributed by atoms with Crippen molar-refractivity contribution in [3.63, 3.8) is 0 Å². The van der Waals surface area contributed by atoms with Gasteiger partial charge in [0.05, 0.1) is 11.4 Å². The van der Waals surface area contributed by atoms with Gasteiger partial charge >= 0.3 is 0 Å². The maximum Gasteiger partial charge on any atom is 0.249 e. The first-order chi connectivity index (χ1) is 8.61. The van der Waals surface area contributed by atoms with Gasteiger partial charge in [0.25, 0.3) is 0 Å². The molecule has 0 saturated heterocycles. The molecule has 2 N–H and O–H groups in total. The molecule has 5 nitrogen and oxygen atoms in total. The van der Waals surface area contributed by atoms with Crippen LogP contribution in [0.15, 0.2) is 24.3 Å². The summed E-state index contributed by atoms with van der Waals surface area (Å²) >= 11 is 0. The van der Waals surface area contributed by atoms with Crippen molar-refractivity contribution in [3.8, 4) is 0 Å². The SMILES string of the molecule is Cc1nnc(N(C)c2ccc(CN)cc2)nc1C. The molecule has 0 aliphatic carbocycles. The Morgan fingerprint density at radius 1 is 1.06 bits per heavy atom. The zero-order valence-corrected chi connectivity index (χ0v) is 10.9. The van der Waals surface area contributed by atoms with Gasteiger partial charge in [0, 0.05) is 19.3 Å². The van der Waals surface area contributed by atoms with Gasteiger partial charge in [-0.15, -0.1) is 5.10 Å². The molecule has 0 aliphatic heterocycles. The summed E-state index contributed by atoms with van der Waals surface area (Å²) in [6.07, 6.45) is 0. The maximum absolute atomic E-state index is 5.58. The zero-order valence-electron chi connectivity index (χ0n) is 10.9. The van der Waals surface area contributed by atoms with E-state index in [4.69, 9.17) is 5.73 Å². The fraction of sp³-hybridized carbons (Fsp3) is 0.308. The van der Waals surface area contributed by atoms with Crippen molar-refractivity contribution in [1.82, 2.24) is 15.2 Å². The summed E-state index contributed by atoms with van der Waals surface area (Å²) in [4.78, 5) is 6.32. The van der Waals surface area contributed by atoms with Crippen LogP contribution < -0.4 is 10.6 Å². The van der Waals surface area contributed by atoms with Crippen molar-refractivity contribution in [3.05, 3.63) is 41.2 Å². The molecule has 0 aliphatic rings. The van der Waals surface area contributed by atoms with E-state index in [1.165, 1.54) is 0 Å². The van der Waals surface area contributed by atoms with Gasteiger partial charge in [0.15, 0.2) is 0 Å². The maximum atomic E-state index is 5.58. The standard InChI is InChI=1S/C13H17N5/c1-9-10(2)16-17-13(15-9)18(3)12-6-4-11(8-14)5-7-12/h4-7H,8,14H2,1-3H3. The van der Waals surface area contributed by atoms with E-state index >= 15 is 0 Å². The van der Waals surface area contributed by atoms with Crippen molar-refractivity contribution in [2.24, 2.45) is 5.73 Å². The molecule has 1 aromatic heterocycles. The Hall–Kier alpha value is -2.01. The molecule has 1 heterocycles. The van der Waals surface area contributed by atoms with Crippen molar-refractivity contribution < 1.29 is 0 Å². The van der Waals surface area contributed by atoms with Crippen molar-refractivity contribution in [1.29, 1.82) is 0 Å². The number of benzene rings is 1. The molecule has 94 valence electrons. The highest BCUT2D eigenvalue weighted by atomic mass is 15.3. The second-order valence-corrected chi connectivity index (χ2v) is 4.21. The van der Waals surface area contributed by atoms with E-state index in [0.29, 0.717) is 12.5 Å². The second-order valence-electron chi connectivity index (χ2n) is 4.21. The quantitative estimate of drug-likeness (QED) is 0.889. The average Bonchev–Trinajstić information content (AvgIpc) is 2.41. The number of hydrogen-bond acceptors (Lipinski definition) is 5. The van der Waals surface area contributed by atoms with Crippen LogP contribution in [0.5, 0.6) is 0 Å². The highest BCUT2D eigenvalue weighted by molar-refractivity contribution is 5.56. The van der Waals surface area contributed by atoms with Gasteiger partial charge in [-0.3, -0.25) is 0 Å². The van der Waals surface area contributed by atoms with Crippen LogP contribution in [0.1, 0.15) is 17.0 Å². The van der Waals surface area contributed by atoms with Crippen LogP contribution in [0.25, 0.3) is 0 Å². The van der Waals surface area contributed by atoms with Gasteiger partial charge < -0.3 is 10.6 Å². The van der Waals surface area contributed by atoms with Gasteiger partial charge in [-0.1, -0.05) is 12.1 Å². The molecule has 5 heteroatoms. The number of aryl methyl sites for hydroxylation is 2. The number of nitrogens with two attached hydrogens (primary N) is 1. The van der Waals surface area contributed by atoms with E-state index in [-0.39, 0.29) is 0 Å². The van der Waals surface area contributed by atoms with Gasteiger partial charge in [-0.25, -0.2) is 4.98 Å². The molecule has 2 rings (SSSR count).